The molecule has 3 aromatic rings. The minimum Gasteiger partial charge on any atom is -0.448 e. The summed E-state index contributed by atoms with van der Waals surface area (Å²) in [6, 6.07) is 8.72. The molecule has 2 heterocycles. The van der Waals surface area contributed by atoms with Crippen molar-refractivity contribution < 1.29 is 18.8 Å². The maximum Gasteiger partial charge on any atom is 0.351 e. The number of benzene rings is 1. The summed E-state index contributed by atoms with van der Waals surface area (Å²) in [5.41, 5.74) is 2.01. The minimum atomic E-state index is -1.01. The van der Waals surface area contributed by atoms with Gasteiger partial charge in [0.2, 0.25) is 5.88 Å². The molecule has 0 fully saturated rings. The number of carbonyl (C=O) groups excluding carboxylic acids is 2. The molecular weight excluding hydrogens is 390 g/mol. The molecule has 0 saturated heterocycles. The molecule has 1 amide bonds. The maximum atomic E-state index is 12.4. The van der Waals surface area contributed by atoms with Crippen LogP contribution >= 0.6 is 22.9 Å². The topological polar surface area (TPSA) is 94.3 Å². The Hall–Kier alpha value is -2.71. The second-order valence-electron chi connectivity index (χ2n) is 5.81. The van der Waals surface area contributed by atoms with E-state index in [2.05, 4.69) is 15.5 Å². The largest absolute Gasteiger partial charge is 0.448 e. The summed E-state index contributed by atoms with van der Waals surface area (Å²) >= 11 is 7.09. The predicted molar refractivity (Wildman–Crippen MR) is 102 cm³/mol. The van der Waals surface area contributed by atoms with E-state index in [1.807, 2.05) is 12.1 Å². The molecule has 1 atom stereocenters. The summed E-state index contributed by atoms with van der Waals surface area (Å²) in [6.07, 6.45) is -1.01. The first kappa shape index (κ1) is 19.1. The molecule has 0 aliphatic heterocycles. The van der Waals surface area contributed by atoms with E-state index < -0.39 is 18.0 Å². The highest BCUT2D eigenvalue weighted by molar-refractivity contribution is 7.17. The molecule has 0 bridgehead atoms. The summed E-state index contributed by atoms with van der Waals surface area (Å²) in [4.78, 5) is 29.3. The van der Waals surface area contributed by atoms with E-state index in [4.69, 9.17) is 20.9 Å². The van der Waals surface area contributed by atoms with Crippen LogP contribution in [0, 0.1) is 13.8 Å². The molecule has 0 saturated carbocycles. The van der Waals surface area contributed by atoms with Gasteiger partial charge in [-0.15, -0.1) is 11.3 Å². The fraction of sp³-hybridized carbons (Fsp3) is 0.222. The van der Waals surface area contributed by atoms with E-state index in [0.717, 1.165) is 5.56 Å². The smallest absolute Gasteiger partial charge is 0.351 e. The Morgan fingerprint density at radius 1 is 1.26 bits per heavy atom. The Labute approximate surface area is 164 Å². The lowest BCUT2D eigenvalue weighted by atomic mass is 10.2. The molecule has 9 heteroatoms. The first-order valence-electron chi connectivity index (χ1n) is 8.02. The number of rotatable bonds is 5. The van der Waals surface area contributed by atoms with Crippen LogP contribution < -0.4 is 5.32 Å². The Morgan fingerprint density at radius 2 is 1.96 bits per heavy atom. The standard InChI is InChI=1S/C18H16ClN3O4S/c1-9-8-14(26-22-9)21-16(23)11(3)25-18(24)15-10(2)20-17(27-15)12-4-6-13(19)7-5-12/h4-8,11H,1-3H3,(H,21,23). The predicted octanol–water partition coefficient (Wildman–Crippen LogP) is 4.25. The molecule has 0 spiro atoms. The van der Waals surface area contributed by atoms with Gasteiger partial charge in [-0.2, -0.15) is 0 Å². The highest BCUT2D eigenvalue weighted by Gasteiger charge is 2.24. The molecule has 3 rings (SSSR count). The number of aromatic nitrogens is 2. The van der Waals surface area contributed by atoms with Gasteiger partial charge < -0.3 is 9.26 Å². The molecule has 1 N–H and O–H groups in total. The van der Waals surface area contributed by atoms with Crippen LogP contribution in [0.4, 0.5) is 5.88 Å². The van der Waals surface area contributed by atoms with Crippen molar-refractivity contribution in [1.82, 2.24) is 10.1 Å². The molecule has 0 aliphatic rings. The Morgan fingerprint density at radius 3 is 2.59 bits per heavy atom. The quantitative estimate of drug-likeness (QED) is 0.637. The third-order valence-corrected chi connectivity index (χ3v) is 5.04. The number of aryl methyl sites for hydroxylation is 2. The van der Waals surface area contributed by atoms with Gasteiger partial charge in [0.1, 0.15) is 9.88 Å². The van der Waals surface area contributed by atoms with E-state index in [1.54, 1.807) is 32.0 Å². The summed E-state index contributed by atoms with van der Waals surface area (Å²) in [5, 5.41) is 7.46. The Kier molecular flexibility index (Phi) is 5.57. The second-order valence-corrected chi connectivity index (χ2v) is 7.25. The number of ether oxygens (including phenoxy) is 1. The number of hydrogen-bond donors (Lipinski definition) is 1. The van der Waals surface area contributed by atoms with Gasteiger partial charge in [0, 0.05) is 16.7 Å². The number of nitrogens with one attached hydrogen (secondary N) is 1. The molecule has 2 aromatic heterocycles. The van der Waals surface area contributed by atoms with Gasteiger partial charge >= 0.3 is 5.97 Å². The third kappa shape index (κ3) is 4.53. The highest BCUT2D eigenvalue weighted by Crippen LogP contribution is 2.29. The molecular formula is C18H16ClN3O4S. The van der Waals surface area contributed by atoms with Crippen LogP contribution in [0.25, 0.3) is 10.6 Å². The molecule has 0 aliphatic carbocycles. The lowest BCUT2D eigenvalue weighted by Gasteiger charge is -2.11. The summed E-state index contributed by atoms with van der Waals surface area (Å²) in [5.74, 6) is -0.930. The summed E-state index contributed by atoms with van der Waals surface area (Å²) in [6.45, 7) is 4.93. The normalized spacial score (nSPS) is 11.9. The van der Waals surface area contributed by atoms with Gasteiger partial charge in [0.05, 0.1) is 11.4 Å². The van der Waals surface area contributed by atoms with Gasteiger partial charge in [-0.3, -0.25) is 10.1 Å². The molecule has 140 valence electrons. The van der Waals surface area contributed by atoms with Crippen molar-refractivity contribution in [3.8, 4) is 10.6 Å². The highest BCUT2D eigenvalue weighted by atomic mass is 35.5. The zero-order valence-corrected chi connectivity index (χ0v) is 16.4. The van der Waals surface area contributed by atoms with Gasteiger partial charge in [-0.05, 0) is 32.9 Å². The molecule has 1 aromatic carbocycles. The van der Waals surface area contributed by atoms with Crippen LogP contribution in [-0.4, -0.2) is 28.1 Å². The summed E-state index contributed by atoms with van der Waals surface area (Å²) < 4.78 is 10.2. The minimum absolute atomic E-state index is 0.194. The molecule has 27 heavy (non-hydrogen) atoms. The zero-order chi connectivity index (χ0) is 19.6. The number of amides is 1. The Balaban J connectivity index is 1.68. The van der Waals surface area contributed by atoms with Crippen molar-refractivity contribution in [2.75, 3.05) is 5.32 Å². The lowest BCUT2D eigenvalue weighted by molar-refractivity contribution is -0.123. The third-order valence-electron chi connectivity index (χ3n) is 3.60. The van der Waals surface area contributed by atoms with Crippen molar-refractivity contribution in [3.05, 3.63) is 51.6 Å². The van der Waals surface area contributed by atoms with E-state index in [-0.39, 0.29) is 5.88 Å². The van der Waals surface area contributed by atoms with Gasteiger partial charge in [0.25, 0.3) is 5.91 Å². The number of nitrogens with zero attached hydrogens (tertiary/aromatic N) is 2. The first-order valence-corrected chi connectivity index (χ1v) is 9.21. The lowest BCUT2D eigenvalue weighted by Crippen LogP contribution is -2.29. The number of thiazole rings is 1. The number of esters is 1. The van der Waals surface area contributed by atoms with E-state index in [1.165, 1.54) is 18.3 Å². The average molecular weight is 406 g/mol. The monoisotopic (exact) mass is 405 g/mol. The van der Waals surface area contributed by atoms with Crippen molar-refractivity contribution in [2.45, 2.75) is 26.9 Å². The van der Waals surface area contributed by atoms with Gasteiger partial charge in [-0.25, -0.2) is 9.78 Å². The molecule has 1 unspecified atom stereocenters. The van der Waals surface area contributed by atoms with Crippen molar-refractivity contribution >= 4 is 40.7 Å². The maximum absolute atomic E-state index is 12.4. The van der Waals surface area contributed by atoms with Crippen LogP contribution in [0.5, 0.6) is 0 Å². The molecule has 0 radical (unpaired) electrons. The fourth-order valence-electron chi connectivity index (χ4n) is 2.21. The van der Waals surface area contributed by atoms with Crippen LogP contribution in [0.3, 0.4) is 0 Å². The van der Waals surface area contributed by atoms with Crippen LogP contribution in [0.1, 0.15) is 28.0 Å². The van der Waals surface area contributed by atoms with E-state index in [9.17, 15) is 9.59 Å². The fourth-order valence-corrected chi connectivity index (χ4v) is 3.30. The Bertz CT molecular complexity index is 981. The summed E-state index contributed by atoms with van der Waals surface area (Å²) in [7, 11) is 0. The van der Waals surface area contributed by atoms with Crippen LogP contribution in [0.2, 0.25) is 5.02 Å². The average Bonchev–Trinajstić information content (AvgIpc) is 3.21. The van der Waals surface area contributed by atoms with Crippen molar-refractivity contribution in [3.63, 3.8) is 0 Å². The van der Waals surface area contributed by atoms with Crippen LogP contribution in [-0.2, 0) is 9.53 Å². The van der Waals surface area contributed by atoms with Crippen molar-refractivity contribution in [2.24, 2.45) is 0 Å². The van der Waals surface area contributed by atoms with E-state index in [0.29, 0.717) is 26.3 Å². The van der Waals surface area contributed by atoms with Crippen LogP contribution in [0.15, 0.2) is 34.9 Å². The number of anilines is 1. The zero-order valence-electron chi connectivity index (χ0n) is 14.8. The first-order chi connectivity index (χ1) is 12.8. The molecule has 7 nitrogen and oxygen atoms in total. The van der Waals surface area contributed by atoms with Crippen molar-refractivity contribution in [1.29, 1.82) is 0 Å². The van der Waals surface area contributed by atoms with Gasteiger partial charge in [0.15, 0.2) is 6.10 Å². The number of halogens is 1. The van der Waals surface area contributed by atoms with Gasteiger partial charge in [-0.1, -0.05) is 28.9 Å². The SMILES string of the molecule is Cc1cc(NC(=O)C(C)OC(=O)c2sc(-c3ccc(Cl)cc3)nc2C)on1. The van der Waals surface area contributed by atoms with E-state index >= 15 is 0 Å². The second kappa shape index (κ2) is 7.89. The number of hydrogen-bond acceptors (Lipinski definition) is 7. The number of carbonyl (C=O) groups is 2.